The number of ether oxygens (including phenoxy) is 3. The Morgan fingerprint density at radius 2 is 0.931 bits per heavy atom. The molecule has 0 saturated carbocycles. The number of unbranched alkanes of at least 4 members (excludes halogenated alkanes) is 4. The van der Waals surface area contributed by atoms with Crippen LogP contribution >= 0.6 is 0 Å². The van der Waals surface area contributed by atoms with Gasteiger partial charge in [-0.3, -0.25) is 0 Å². The van der Waals surface area contributed by atoms with Crippen molar-refractivity contribution in [3.8, 4) is 11.5 Å². The molecule has 0 N–H and O–H groups in total. The van der Waals surface area contributed by atoms with E-state index in [2.05, 4.69) is 48.5 Å². The van der Waals surface area contributed by atoms with Gasteiger partial charge in [-0.05, 0) is 87.8 Å². The third-order valence-corrected chi connectivity index (χ3v) is 4.98. The van der Waals surface area contributed by atoms with Crippen molar-refractivity contribution in [3.63, 3.8) is 0 Å². The smallest absolute Gasteiger partial charge is 0.119 e. The molecule has 0 aromatic heterocycles. The lowest BCUT2D eigenvalue weighted by atomic mass is 10.1. The minimum absolute atomic E-state index is 0.724. The van der Waals surface area contributed by atoms with Crippen molar-refractivity contribution in [1.82, 2.24) is 0 Å². The molecular formula is C26H38O3. The van der Waals surface area contributed by atoms with Gasteiger partial charge in [-0.2, -0.15) is 0 Å². The van der Waals surface area contributed by atoms with E-state index in [1.165, 1.54) is 36.8 Å². The molecule has 0 bridgehead atoms. The highest BCUT2D eigenvalue weighted by Gasteiger charge is 1.98. The Hall–Kier alpha value is -2.00. The molecule has 0 aliphatic carbocycles. The van der Waals surface area contributed by atoms with Crippen LogP contribution in [0, 0.1) is 0 Å². The molecule has 3 heteroatoms. The SMILES string of the molecule is CCOc1ccc(CCCCCOCCCCCc2ccc(OCC)cc2)cc1. The van der Waals surface area contributed by atoms with Crippen molar-refractivity contribution in [3.05, 3.63) is 59.7 Å². The first-order valence-corrected chi connectivity index (χ1v) is 11.3. The zero-order chi connectivity index (χ0) is 20.6. The van der Waals surface area contributed by atoms with E-state index in [-0.39, 0.29) is 0 Å². The van der Waals surface area contributed by atoms with E-state index in [0.717, 1.165) is 63.6 Å². The van der Waals surface area contributed by atoms with Crippen LogP contribution in [0.2, 0.25) is 0 Å². The Bertz CT molecular complexity index is 577. The van der Waals surface area contributed by atoms with Crippen LogP contribution in [0.1, 0.15) is 63.5 Å². The highest BCUT2D eigenvalue weighted by molar-refractivity contribution is 5.28. The first-order valence-electron chi connectivity index (χ1n) is 11.3. The standard InChI is InChI=1S/C26H38O3/c1-3-28-25-17-13-23(14-18-25)11-7-5-9-21-27-22-10-6-8-12-24-15-19-26(20-16-24)29-4-2/h13-20H,3-12,21-22H2,1-2H3. The summed E-state index contributed by atoms with van der Waals surface area (Å²) in [5.41, 5.74) is 2.78. The van der Waals surface area contributed by atoms with Gasteiger partial charge in [0.05, 0.1) is 13.2 Å². The van der Waals surface area contributed by atoms with Crippen LogP contribution < -0.4 is 9.47 Å². The van der Waals surface area contributed by atoms with Gasteiger partial charge in [-0.1, -0.05) is 37.1 Å². The van der Waals surface area contributed by atoms with Crippen LogP contribution in [-0.2, 0) is 17.6 Å². The summed E-state index contributed by atoms with van der Waals surface area (Å²) in [5.74, 6) is 1.92. The monoisotopic (exact) mass is 398 g/mol. The van der Waals surface area contributed by atoms with E-state index >= 15 is 0 Å². The lowest BCUT2D eigenvalue weighted by Gasteiger charge is -2.07. The van der Waals surface area contributed by atoms with Crippen molar-refractivity contribution >= 4 is 0 Å². The topological polar surface area (TPSA) is 27.7 Å². The van der Waals surface area contributed by atoms with Crippen LogP contribution in [-0.4, -0.2) is 26.4 Å². The van der Waals surface area contributed by atoms with Crippen molar-refractivity contribution in [2.75, 3.05) is 26.4 Å². The van der Waals surface area contributed by atoms with Crippen molar-refractivity contribution < 1.29 is 14.2 Å². The molecule has 160 valence electrons. The van der Waals surface area contributed by atoms with Gasteiger partial charge in [0.2, 0.25) is 0 Å². The van der Waals surface area contributed by atoms with Crippen LogP contribution in [0.15, 0.2) is 48.5 Å². The summed E-state index contributed by atoms with van der Waals surface area (Å²) in [6.07, 6.45) is 9.48. The molecule has 2 aromatic rings. The summed E-state index contributed by atoms with van der Waals surface area (Å²) in [6.45, 7) is 7.26. The van der Waals surface area contributed by atoms with Gasteiger partial charge in [0.15, 0.2) is 0 Å². The van der Waals surface area contributed by atoms with Gasteiger partial charge in [-0.25, -0.2) is 0 Å². The third kappa shape index (κ3) is 10.4. The van der Waals surface area contributed by atoms with Gasteiger partial charge in [0.25, 0.3) is 0 Å². The molecule has 0 aliphatic heterocycles. The van der Waals surface area contributed by atoms with Crippen molar-refractivity contribution in [2.45, 2.75) is 65.2 Å². The predicted octanol–water partition coefficient (Wildman–Crippen LogP) is 6.63. The molecule has 2 rings (SSSR count). The lowest BCUT2D eigenvalue weighted by Crippen LogP contribution is -1.98. The van der Waals surface area contributed by atoms with Gasteiger partial charge < -0.3 is 14.2 Å². The second-order valence-electron chi connectivity index (χ2n) is 7.39. The Morgan fingerprint density at radius 3 is 1.31 bits per heavy atom. The molecule has 29 heavy (non-hydrogen) atoms. The summed E-state index contributed by atoms with van der Waals surface area (Å²) < 4.78 is 16.7. The highest BCUT2D eigenvalue weighted by atomic mass is 16.5. The second kappa shape index (κ2) is 14.9. The maximum Gasteiger partial charge on any atom is 0.119 e. The Morgan fingerprint density at radius 1 is 0.517 bits per heavy atom. The van der Waals surface area contributed by atoms with Crippen LogP contribution in [0.5, 0.6) is 11.5 Å². The first kappa shape index (κ1) is 23.3. The van der Waals surface area contributed by atoms with Crippen LogP contribution in [0.25, 0.3) is 0 Å². The fraction of sp³-hybridized carbons (Fsp3) is 0.538. The minimum atomic E-state index is 0.724. The summed E-state index contributed by atoms with van der Waals surface area (Å²) >= 11 is 0. The Balaban J connectivity index is 1.39. The molecule has 0 saturated heterocycles. The molecule has 0 spiro atoms. The zero-order valence-corrected chi connectivity index (χ0v) is 18.3. The predicted molar refractivity (Wildman–Crippen MR) is 121 cm³/mol. The van der Waals surface area contributed by atoms with Gasteiger partial charge >= 0.3 is 0 Å². The third-order valence-electron chi connectivity index (χ3n) is 4.98. The average Bonchev–Trinajstić information content (AvgIpc) is 2.75. The molecule has 0 unspecified atom stereocenters. The zero-order valence-electron chi connectivity index (χ0n) is 18.3. The average molecular weight is 399 g/mol. The fourth-order valence-electron chi connectivity index (χ4n) is 3.36. The molecule has 0 fully saturated rings. The van der Waals surface area contributed by atoms with Crippen LogP contribution in [0.3, 0.4) is 0 Å². The van der Waals surface area contributed by atoms with E-state index in [1.807, 2.05) is 13.8 Å². The number of rotatable bonds is 16. The molecule has 3 nitrogen and oxygen atoms in total. The fourth-order valence-corrected chi connectivity index (χ4v) is 3.36. The molecular weight excluding hydrogens is 360 g/mol. The minimum Gasteiger partial charge on any atom is -0.494 e. The Labute approximate surface area is 177 Å². The molecule has 0 radical (unpaired) electrons. The summed E-state index contributed by atoms with van der Waals surface area (Å²) in [7, 11) is 0. The Kier molecular flexibility index (Phi) is 12.0. The largest absolute Gasteiger partial charge is 0.494 e. The lowest BCUT2D eigenvalue weighted by molar-refractivity contribution is 0.126. The maximum atomic E-state index is 5.79. The first-order chi connectivity index (χ1) is 14.3. The van der Waals surface area contributed by atoms with Gasteiger partial charge in [0, 0.05) is 13.2 Å². The van der Waals surface area contributed by atoms with Gasteiger partial charge in [-0.15, -0.1) is 0 Å². The number of hydrogen-bond donors (Lipinski definition) is 0. The number of benzene rings is 2. The van der Waals surface area contributed by atoms with E-state index < -0.39 is 0 Å². The second-order valence-corrected chi connectivity index (χ2v) is 7.39. The number of hydrogen-bond acceptors (Lipinski definition) is 3. The molecule has 0 atom stereocenters. The van der Waals surface area contributed by atoms with E-state index in [4.69, 9.17) is 14.2 Å². The number of aryl methyl sites for hydroxylation is 2. The molecule has 2 aromatic carbocycles. The van der Waals surface area contributed by atoms with Crippen molar-refractivity contribution in [1.29, 1.82) is 0 Å². The molecule has 0 heterocycles. The summed E-state index contributed by atoms with van der Waals surface area (Å²) in [6, 6.07) is 17.0. The van der Waals surface area contributed by atoms with Gasteiger partial charge in [0.1, 0.15) is 11.5 Å². The van der Waals surface area contributed by atoms with E-state index in [9.17, 15) is 0 Å². The maximum absolute atomic E-state index is 5.79. The summed E-state index contributed by atoms with van der Waals surface area (Å²) in [4.78, 5) is 0. The van der Waals surface area contributed by atoms with Crippen LogP contribution in [0.4, 0.5) is 0 Å². The quantitative estimate of drug-likeness (QED) is 0.297. The summed E-state index contributed by atoms with van der Waals surface area (Å²) in [5, 5.41) is 0. The highest BCUT2D eigenvalue weighted by Crippen LogP contribution is 2.15. The van der Waals surface area contributed by atoms with E-state index in [0.29, 0.717) is 0 Å². The van der Waals surface area contributed by atoms with Crippen molar-refractivity contribution in [2.24, 2.45) is 0 Å². The molecule has 0 amide bonds. The van der Waals surface area contributed by atoms with E-state index in [1.54, 1.807) is 0 Å². The molecule has 0 aliphatic rings. The normalized spacial score (nSPS) is 10.8.